The highest BCUT2D eigenvalue weighted by molar-refractivity contribution is 5.84. The molecule has 0 saturated heterocycles. The number of aromatic hydroxyl groups is 2. The van der Waals surface area contributed by atoms with Gasteiger partial charge in [0.2, 0.25) is 0 Å². The minimum absolute atomic E-state index is 0.0693. The molecule has 3 rings (SSSR count). The highest BCUT2D eigenvalue weighted by Gasteiger charge is 2.23. The average molecular weight is 493 g/mol. The zero-order valence-corrected chi connectivity index (χ0v) is 22.2. The number of unbranched alkanes of at least 4 members (excludes halogenated alkanes) is 7. The lowest BCUT2D eigenvalue weighted by Crippen LogP contribution is -2.27. The van der Waals surface area contributed by atoms with E-state index in [4.69, 9.17) is 14.7 Å². The van der Waals surface area contributed by atoms with Gasteiger partial charge < -0.3 is 14.9 Å². The van der Waals surface area contributed by atoms with Gasteiger partial charge in [-0.25, -0.2) is 0 Å². The quantitative estimate of drug-likeness (QED) is 0.209. The maximum atomic E-state index is 10.5. The van der Waals surface area contributed by atoms with Crippen molar-refractivity contribution < 1.29 is 14.9 Å². The van der Waals surface area contributed by atoms with Gasteiger partial charge in [-0.15, -0.1) is 0 Å². The molecular weight excluding hydrogens is 448 g/mol. The molecule has 1 fully saturated rings. The first-order chi connectivity index (χ1) is 17.6. The zero-order valence-electron chi connectivity index (χ0n) is 22.2. The molecule has 0 unspecified atom stereocenters. The maximum absolute atomic E-state index is 10.5. The van der Waals surface area contributed by atoms with Crippen LogP contribution in [0.4, 0.5) is 0 Å². The van der Waals surface area contributed by atoms with Crippen molar-refractivity contribution in [1.29, 1.82) is 0 Å². The Bertz CT molecular complexity index is 986. The van der Waals surface area contributed by atoms with Crippen LogP contribution in [0.25, 0.3) is 0 Å². The Morgan fingerprint density at radius 1 is 0.778 bits per heavy atom. The average Bonchev–Trinajstić information content (AvgIpc) is 2.87. The molecule has 2 aromatic rings. The van der Waals surface area contributed by atoms with E-state index >= 15 is 0 Å². The van der Waals surface area contributed by atoms with E-state index in [1.165, 1.54) is 44.9 Å². The molecule has 2 N–H and O–H groups in total. The van der Waals surface area contributed by atoms with Crippen LogP contribution in [-0.2, 0) is 0 Å². The molecule has 0 aromatic heterocycles. The van der Waals surface area contributed by atoms with Crippen LogP contribution in [-0.4, -0.2) is 41.3 Å². The Kier molecular flexibility index (Phi) is 11.8. The smallest absolute Gasteiger partial charge is 0.128 e. The van der Waals surface area contributed by atoms with Crippen LogP contribution in [0.2, 0.25) is 0 Å². The lowest BCUT2D eigenvalue weighted by molar-refractivity contribution is 0.302. The first-order valence-electron chi connectivity index (χ1n) is 13.9. The van der Waals surface area contributed by atoms with E-state index in [2.05, 4.69) is 6.92 Å². The van der Waals surface area contributed by atoms with Gasteiger partial charge in [0.05, 0.1) is 18.7 Å². The molecule has 36 heavy (non-hydrogen) atoms. The van der Waals surface area contributed by atoms with Crippen LogP contribution in [0.15, 0.2) is 46.4 Å². The molecule has 0 radical (unpaired) electrons. The van der Waals surface area contributed by atoms with Gasteiger partial charge in [-0.2, -0.15) is 0 Å². The third kappa shape index (κ3) is 9.33. The summed E-state index contributed by atoms with van der Waals surface area (Å²) in [6, 6.07) is 11.2. The minimum atomic E-state index is 0.0693. The van der Waals surface area contributed by atoms with Crippen molar-refractivity contribution in [2.24, 2.45) is 9.98 Å². The molecule has 0 spiro atoms. The number of aryl methyl sites for hydroxylation is 1. The number of nitrogens with zero attached hydrogens (tertiary/aromatic N) is 2. The van der Waals surface area contributed by atoms with Crippen LogP contribution < -0.4 is 4.74 Å². The van der Waals surface area contributed by atoms with Gasteiger partial charge in [0, 0.05) is 29.6 Å². The van der Waals surface area contributed by atoms with E-state index in [9.17, 15) is 10.2 Å². The van der Waals surface area contributed by atoms with Crippen molar-refractivity contribution in [2.45, 2.75) is 103 Å². The SMILES string of the molecule is CCCCCCCCCCOc1ccc(C=N[C@@H]2CCCC[C@H]2N=Cc2ccc(C)cc2O)c(O)c1. The van der Waals surface area contributed by atoms with Crippen molar-refractivity contribution in [2.75, 3.05) is 6.61 Å². The number of aliphatic imine (C=N–C) groups is 2. The summed E-state index contributed by atoms with van der Waals surface area (Å²) in [5.74, 6) is 1.14. The Hall–Kier alpha value is -2.82. The number of phenolic OH excluding ortho intramolecular Hbond substituents is 2. The molecule has 196 valence electrons. The maximum Gasteiger partial charge on any atom is 0.128 e. The van der Waals surface area contributed by atoms with Crippen LogP contribution in [0.1, 0.15) is 101 Å². The predicted molar refractivity (Wildman–Crippen MR) is 150 cm³/mol. The summed E-state index contributed by atoms with van der Waals surface area (Å²) in [5, 5.41) is 20.7. The first-order valence-corrected chi connectivity index (χ1v) is 13.9. The first kappa shape index (κ1) is 27.8. The molecular formula is C31H44N2O3. The van der Waals surface area contributed by atoms with Gasteiger partial charge in [-0.05, 0) is 56.0 Å². The van der Waals surface area contributed by atoms with Crippen molar-refractivity contribution in [3.05, 3.63) is 53.1 Å². The fourth-order valence-corrected chi connectivity index (χ4v) is 4.70. The van der Waals surface area contributed by atoms with Gasteiger partial charge in [0.25, 0.3) is 0 Å². The van der Waals surface area contributed by atoms with Crippen LogP contribution >= 0.6 is 0 Å². The Balaban J connectivity index is 1.48. The largest absolute Gasteiger partial charge is 0.507 e. The number of hydrogen-bond donors (Lipinski definition) is 2. The summed E-state index contributed by atoms with van der Waals surface area (Å²) in [7, 11) is 0. The second-order valence-corrected chi connectivity index (χ2v) is 10.1. The van der Waals surface area contributed by atoms with Crippen molar-refractivity contribution >= 4 is 12.4 Å². The molecule has 0 aliphatic heterocycles. The summed E-state index contributed by atoms with van der Waals surface area (Å²) in [4.78, 5) is 9.56. The summed E-state index contributed by atoms with van der Waals surface area (Å²) in [5.41, 5.74) is 2.45. The molecule has 2 aromatic carbocycles. The van der Waals surface area contributed by atoms with Crippen LogP contribution in [0, 0.1) is 6.92 Å². The molecule has 2 atom stereocenters. The molecule has 5 heteroatoms. The lowest BCUT2D eigenvalue weighted by Gasteiger charge is -2.25. The van der Waals surface area contributed by atoms with Gasteiger partial charge in [-0.3, -0.25) is 9.98 Å². The normalized spacial score (nSPS) is 18.3. The summed E-state index contributed by atoms with van der Waals surface area (Å²) < 4.78 is 5.85. The van der Waals surface area contributed by atoms with Crippen LogP contribution in [0.5, 0.6) is 17.2 Å². The van der Waals surface area contributed by atoms with E-state index in [1.807, 2.05) is 31.2 Å². The van der Waals surface area contributed by atoms with Gasteiger partial charge >= 0.3 is 0 Å². The van der Waals surface area contributed by atoms with E-state index < -0.39 is 0 Å². The third-order valence-electron chi connectivity index (χ3n) is 6.96. The topological polar surface area (TPSA) is 74.4 Å². The summed E-state index contributed by atoms with van der Waals surface area (Å²) >= 11 is 0. The number of rotatable bonds is 14. The van der Waals surface area contributed by atoms with Crippen molar-refractivity contribution in [3.63, 3.8) is 0 Å². The van der Waals surface area contributed by atoms with Gasteiger partial charge in [0.15, 0.2) is 0 Å². The fraction of sp³-hybridized carbons (Fsp3) is 0.548. The third-order valence-corrected chi connectivity index (χ3v) is 6.96. The number of ether oxygens (including phenoxy) is 1. The van der Waals surface area contributed by atoms with Crippen molar-refractivity contribution in [1.82, 2.24) is 0 Å². The van der Waals surface area contributed by atoms with E-state index in [0.717, 1.165) is 43.2 Å². The standard InChI is InChI=1S/C31H44N2O3/c1-3-4-5-6-7-8-9-12-19-36-27-18-17-26(31(35)21-27)23-33-29-14-11-10-13-28(29)32-22-25-16-15-24(2)20-30(25)34/h15-18,20-23,28-29,34-35H,3-14,19H2,1-2H3/t28-,29-/m1/s1. The molecule has 5 nitrogen and oxygen atoms in total. The fourth-order valence-electron chi connectivity index (χ4n) is 4.70. The van der Waals surface area contributed by atoms with Gasteiger partial charge in [0.1, 0.15) is 17.2 Å². The number of phenols is 2. The highest BCUT2D eigenvalue weighted by atomic mass is 16.5. The molecule has 1 saturated carbocycles. The number of hydrogen-bond acceptors (Lipinski definition) is 5. The minimum Gasteiger partial charge on any atom is -0.507 e. The second-order valence-electron chi connectivity index (χ2n) is 10.1. The molecule has 1 aliphatic carbocycles. The molecule has 0 bridgehead atoms. The monoisotopic (exact) mass is 492 g/mol. The number of benzene rings is 2. The zero-order chi connectivity index (χ0) is 25.6. The Morgan fingerprint density at radius 2 is 1.33 bits per heavy atom. The summed E-state index contributed by atoms with van der Waals surface area (Å²) in [6.45, 7) is 4.88. The van der Waals surface area contributed by atoms with E-state index in [1.54, 1.807) is 24.6 Å². The Labute approximate surface area is 217 Å². The molecule has 1 aliphatic rings. The van der Waals surface area contributed by atoms with Crippen molar-refractivity contribution in [3.8, 4) is 17.2 Å². The van der Waals surface area contributed by atoms with Crippen LogP contribution in [0.3, 0.4) is 0 Å². The summed E-state index contributed by atoms with van der Waals surface area (Å²) in [6.07, 6.45) is 17.9. The highest BCUT2D eigenvalue weighted by Crippen LogP contribution is 2.27. The molecule has 0 heterocycles. The van der Waals surface area contributed by atoms with Gasteiger partial charge in [-0.1, -0.05) is 70.8 Å². The molecule has 0 amide bonds. The Morgan fingerprint density at radius 3 is 1.92 bits per heavy atom. The lowest BCUT2D eigenvalue weighted by atomic mass is 9.91. The predicted octanol–water partition coefficient (Wildman–Crippen LogP) is 7.77. The van der Waals surface area contributed by atoms with E-state index in [0.29, 0.717) is 17.9 Å². The van der Waals surface area contributed by atoms with E-state index in [-0.39, 0.29) is 23.6 Å². The second kappa shape index (κ2) is 15.3.